The Bertz CT molecular complexity index is 985. The summed E-state index contributed by atoms with van der Waals surface area (Å²) in [4.78, 5) is 20.6. The smallest absolute Gasteiger partial charge is 0.260 e. The third-order valence-electron chi connectivity index (χ3n) is 4.94. The number of aryl methyl sites for hydroxylation is 1. The number of nitrogens with zero attached hydrogens (tertiary/aromatic N) is 4. The van der Waals surface area contributed by atoms with Gasteiger partial charge in [-0.15, -0.1) is 21.5 Å². The number of rotatable bonds is 6. The number of alkyl halides is 1. The molecule has 144 valence electrons. The van der Waals surface area contributed by atoms with Crippen LogP contribution in [-0.4, -0.2) is 38.8 Å². The van der Waals surface area contributed by atoms with Crippen LogP contribution in [0.4, 0.5) is 10.2 Å². The number of hydrogen-bond donors (Lipinski definition) is 2. The zero-order valence-electron chi connectivity index (χ0n) is 15.2. The van der Waals surface area contributed by atoms with Crippen molar-refractivity contribution in [1.82, 2.24) is 20.2 Å². The summed E-state index contributed by atoms with van der Waals surface area (Å²) in [5.41, 5.74) is 7.05. The number of amides is 1. The van der Waals surface area contributed by atoms with Gasteiger partial charge in [-0.25, -0.2) is 9.37 Å². The minimum Gasteiger partial charge on any atom is -0.368 e. The van der Waals surface area contributed by atoms with Crippen molar-refractivity contribution in [3.8, 4) is 10.7 Å². The summed E-state index contributed by atoms with van der Waals surface area (Å²) >= 11 is 1.20. The van der Waals surface area contributed by atoms with Gasteiger partial charge in [-0.2, -0.15) is 0 Å². The van der Waals surface area contributed by atoms with E-state index < -0.39 is 12.1 Å². The summed E-state index contributed by atoms with van der Waals surface area (Å²) in [5, 5.41) is 12.2. The molecular weight excluding hydrogens is 379 g/mol. The fourth-order valence-corrected chi connectivity index (χ4v) is 4.33. The van der Waals surface area contributed by atoms with Gasteiger partial charge in [0.05, 0.1) is 5.69 Å². The van der Waals surface area contributed by atoms with Gasteiger partial charge in [-0.05, 0) is 44.0 Å². The molecule has 1 aliphatic carbocycles. The maximum absolute atomic E-state index is 13.6. The lowest BCUT2D eigenvalue weighted by atomic mass is 9.65. The van der Waals surface area contributed by atoms with Gasteiger partial charge in [0.2, 0.25) is 0 Å². The molecule has 28 heavy (non-hydrogen) atoms. The second-order valence-electron chi connectivity index (χ2n) is 6.96. The van der Waals surface area contributed by atoms with E-state index in [2.05, 4.69) is 25.5 Å². The molecule has 0 aliphatic heterocycles. The normalized spacial score (nSPS) is 21.1. The van der Waals surface area contributed by atoms with Crippen LogP contribution in [0.2, 0.25) is 0 Å². The molecule has 3 N–H and O–H groups in total. The van der Waals surface area contributed by atoms with E-state index in [0.717, 1.165) is 5.69 Å². The summed E-state index contributed by atoms with van der Waals surface area (Å²) in [6, 6.07) is 9.28. The standard InChI is InChI=1S/C19H19FN6OS/c1-11-16(17(21)27)28-18(24-11)13-5-6-15(26-25-13)23-10-19(8-12(20)9-19)14-4-2-3-7-22-14/h2-7,12H,8-10H2,1H3,(H2,21,27)(H,23,26). The molecule has 0 atom stereocenters. The van der Waals surface area contributed by atoms with Gasteiger partial charge in [0.1, 0.15) is 27.6 Å². The van der Waals surface area contributed by atoms with Crippen molar-refractivity contribution >= 4 is 23.1 Å². The lowest BCUT2D eigenvalue weighted by molar-refractivity contribution is 0.0994. The number of carbonyl (C=O) groups is 1. The highest BCUT2D eigenvalue weighted by atomic mass is 32.1. The molecule has 1 fully saturated rings. The number of aromatic nitrogens is 4. The zero-order valence-corrected chi connectivity index (χ0v) is 16.0. The van der Waals surface area contributed by atoms with Gasteiger partial charge in [-0.1, -0.05) is 6.07 Å². The topological polar surface area (TPSA) is 107 Å². The van der Waals surface area contributed by atoms with E-state index in [-0.39, 0.29) is 5.41 Å². The number of hydrogen-bond acceptors (Lipinski definition) is 7. The fraction of sp³-hybridized carbons (Fsp3) is 0.316. The summed E-state index contributed by atoms with van der Waals surface area (Å²) in [5.74, 6) is 0.0868. The number of halogens is 1. The maximum atomic E-state index is 13.6. The molecule has 7 nitrogen and oxygen atoms in total. The number of pyridine rings is 1. The monoisotopic (exact) mass is 398 g/mol. The first-order chi connectivity index (χ1) is 13.5. The molecule has 3 aromatic heterocycles. The van der Waals surface area contributed by atoms with E-state index >= 15 is 0 Å². The highest BCUT2D eigenvalue weighted by Gasteiger charge is 2.47. The van der Waals surface area contributed by atoms with Gasteiger partial charge >= 0.3 is 0 Å². The van der Waals surface area contributed by atoms with E-state index in [1.54, 1.807) is 25.3 Å². The van der Waals surface area contributed by atoms with Crippen molar-refractivity contribution in [1.29, 1.82) is 0 Å². The predicted octanol–water partition coefficient (Wildman–Crippen LogP) is 2.88. The minimum absolute atomic E-state index is 0.330. The van der Waals surface area contributed by atoms with Crippen LogP contribution >= 0.6 is 11.3 Å². The Morgan fingerprint density at radius 3 is 2.71 bits per heavy atom. The summed E-state index contributed by atoms with van der Waals surface area (Å²) in [6.07, 6.45) is 1.81. The first-order valence-corrected chi connectivity index (χ1v) is 9.69. The van der Waals surface area contributed by atoms with Crippen LogP contribution in [0.3, 0.4) is 0 Å². The second kappa shape index (κ2) is 7.23. The molecule has 4 rings (SSSR count). The quantitative estimate of drug-likeness (QED) is 0.661. The van der Waals surface area contributed by atoms with Gasteiger partial charge < -0.3 is 11.1 Å². The summed E-state index contributed by atoms with van der Waals surface area (Å²) < 4.78 is 13.6. The first-order valence-electron chi connectivity index (χ1n) is 8.88. The van der Waals surface area contributed by atoms with Crippen LogP contribution in [0, 0.1) is 6.92 Å². The molecule has 1 saturated carbocycles. The zero-order chi connectivity index (χ0) is 19.7. The summed E-state index contributed by atoms with van der Waals surface area (Å²) in [7, 11) is 0. The number of primary amides is 1. The Morgan fingerprint density at radius 2 is 2.14 bits per heavy atom. The Labute approximate surface area is 165 Å². The number of nitrogens with two attached hydrogens (primary N) is 1. The maximum Gasteiger partial charge on any atom is 0.260 e. The van der Waals surface area contributed by atoms with E-state index in [4.69, 9.17) is 5.73 Å². The molecule has 0 saturated heterocycles. The van der Waals surface area contributed by atoms with Crippen LogP contribution in [0.15, 0.2) is 36.5 Å². The molecule has 0 spiro atoms. The average molecular weight is 398 g/mol. The minimum atomic E-state index is -0.801. The Morgan fingerprint density at radius 1 is 1.32 bits per heavy atom. The third-order valence-corrected chi connectivity index (χ3v) is 6.14. The van der Waals surface area contributed by atoms with E-state index in [0.29, 0.717) is 46.5 Å². The van der Waals surface area contributed by atoms with Crippen LogP contribution in [0.5, 0.6) is 0 Å². The number of carbonyl (C=O) groups excluding carboxylic acids is 1. The largest absolute Gasteiger partial charge is 0.368 e. The van der Waals surface area contributed by atoms with Crippen molar-refractivity contribution in [2.24, 2.45) is 5.73 Å². The second-order valence-corrected chi connectivity index (χ2v) is 7.96. The highest BCUT2D eigenvalue weighted by Crippen LogP contribution is 2.44. The third kappa shape index (κ3) is 3.45. The van der Waals surface area contributed by atoms with Gasteiger partial charge in [0, 0.05) is 23.9 Å². The molecule has 0 radical (unpaired) electrons. The molecule has 3 heterocycles. The van der Waals surface area contributed by atoms with E-state index in [1.807, 2.05) is 18.2 Å². The van der Waals surface area contributed by atoms with Crippen molar-refractivity contribution < 1.29 is 9.18 Å². The molecule has 1 aliphatic rings. The van der Waals surface area contributed by atoms with Crippen molar-refractivity contribution in [3.05, 3.63) is 52.8 Å². The van der Waals surface area contributed by atoms with E-state index in [1.165, 1.54) is 11.3 Å². The van der Waals surface area contributed by atoms with Crippen LogP contribution < -0.4 is 11.1 Å². The van der Waals surface area contributed by atoms with Crippen LogP contribution in [0.25, 0.3) is 10.7 Å². The van der Waals surface area contributed by atoms with E-state index in [9.17, 15) is 9.18 Å². The molecule has 0 unspecified atom stereocenters. The fourth-order valence-electron chi connectivity index (χ4n) is 3.44. The van der Waals surface area contributed by atoms with Crippen molar-refractivity contribution in [3.63, 3.8) is 0 Å². The Kier molecular flexibility index (Phi) is 4.76. The average Bonchev–Trinajstić information content (AvgIpc) is 3.07. The molecule has 0 aromatic carbocycles. The van der Waals surface area contributed by atoms with Gasteiger partial charge in [0.15, 0.2) is 0 Å². The molecule has 0 bridgehead atoms. The Balaban J connectivity index is 1.47. The highest BCUT2D eigenvalue weighted by molar-refractivity contribution is 7.17. The van der Waals surface area contributed by atoms with Crippen LogP contribution in [-0.2, 0) is 5.41 Å². The lowest BCUT2D eigenvalue weighted by Gasteiger charge is -2.43. The molecular formula is C19H19FN6OS. The predicted molar refractivity (Wildman–Crippen MR) is 105 cm³/mol. The first kappa shape index (κ1) is 18.4. The van der Waals surface area contributed by atoms with Gasteiger partial charge in [0.25, 0.3) is 5.91 Å². The van der Waals surface area contributed by atoms with Gasteiger partial charge in [-0.3, -0.25) is 9.78 Å². The summed E-state index contributed by atoms with van der Waals surface area (Å²) in [6.45, 7) is 2.26. The lowest BCUT2D eigenvalue weighted by Crippen LogP contribution is -2.48. The Hall–Kier alpha value is -2.94. The molecule has 1 amide bonds. The van der Waals surface area contributed by atoms with Crippen LogP contribution in [0.1, 0.15) is 33.9 Å². The van der Waals surface area contributed by atoms with Crippen molar-refractivity contribution in [2.75, 3.05) is 11.9 Å². The number of thiazole rings is 1. The number of anilines is 1. The van der Waals surface area contributed by atoms with Crippen molar-refractivity contribution in [2.45, 2.75) is 31.4 Å². The molecule has 3 aromatic rings. The number of nitrogens with one attached hydrogen (secondary N) is 1. The molecule has 9 heteroatoms. The SMILES string of the molecule is Cc1nc(-c2ccc(NCC3(c4ccccn4)CC(F)C3)nn2)sc1C(N)=O.